The summed E-state index contributed by atoms with van der Waals surface area (Å²) < 4.78 is 5.43. The molecule has 25 heavy (non-hydrogen) atoms. The first-order valence-electron chi connectivity index (χ1n) is 8.30. The molecule has 1 aromatic heterocycles. The van der Waals surface area contributed by atoms with E-state index in [9.17, 15) is 25.5 Å². The Labute approximate surface area is 146 Å². The Hall–Kier alpha value is -1.20. The number of unbranched alkanes of at least 4 members (excludes halogenated alkanes) is 1. The zero-order valence-corrected chi connectivity index (χ0v) is 14.3. The minimum Gasteiger partial charge on any atom is -0.394 e. The lowest BCUT2D eigenvalue weighted by molar-refractivity contribution is -0.0791. The van der Waals surface area contributed by atoms with Crippen LogP contribution in [0.5, 0.6) is 0 Å². The lowest BCUT2D eigenvalue weighted by Crippen LogP contribution is -2.35. The molecule has 1 rings (SSSR count). The van der Waals surface area contributed by atoms with Crippen molar-refractivity contribution < 1.29 is 35.4 Å². The lowest BCUT2D eigenvalue weighted by Gasteiger charge is -2.22. The standard InChI is InChI=1S/C16H28N2O7/c1-2-3-4-25-14(9-20)12(21)5-10-6-18-11(7-17-10)15(23)16(24)13(22)8-19/h6-7,12-16,19-24H,2-5,8-9H2,1H3/t12-,13+,14+,15+,16+/m0/s1. The molecule has 0 spiro atoms. The molecule has 144 valence electrons. The normalized spacial score (nSPS) is 17.7. The van der Waals surface area contributed by atoms with Gasteiger partial charge in [0.25, 0.3) is 0 Å². The summed E-state index contributed by atoms with van der Waals surface area (Å²) >= 11 is 0. The molecule has 0 unspecified atom stereocenters. The maximum Gasteiger partial charge on any atom is 0.126 e. The molecular weight excluding hydrogens is 332 g/mol. The highest BCUT2D eigenvalue weighted by molar-refractivity contribution is 5.08. The van der Waals surface area contributed by atoms with E-state index in [0.29, 0.717) is 12.3 Å². The van der Waals surface area contributed by atoms with E-state index in [4.69, 9.17) is 9.84 Å². The van der Waals surface area contributed by atoms with Gasteiger partial charge in [-0.2, -0.15) is 0 Å². The second kappa shape index (κ2) is 11.4. The minimum absolute atomic E-state index is 0.0242. The van der Waals surface area contributed by atoms with Gasteiger partial charge in [0.2, 0.25) is 0 Å². The van der Waals surface area contributed by atoms with Crippen LogP contribution in [0.4, 0.5) is 0 Å². The predicted molar refractivity (Wildman–Crippen MR) is 87.5 cm³/mol. The average molecular weight is 360 g/mol. The summed E-state index contributed by atoms with van der Waals surface area (Å²) in [4.78, 5) is 8.00. The van der Waals surface area contributed by atoms with Gasteiger partial charge >= 0.3 is 0 Å². The lowest BCUT2D eigenvalue weighted by atomic mass is 10.1. The van der Waals surface area contributed by atoms with Crippen LogP contribution in [0.2, 0.25) is 0 Å². The van der Waals surface area contributed by atoms with Gasteiger partial charge in [-0.3, -0.25) is 9.97 Å². The van der Waals surface area contributed by atoms with Crippen LogP contribution in [0.15, 0.2) is 12.4 Å². The molecule has 6 N–H and O–H groups in total. The van der Waals surface area contributed by atoms with Gasteiger partial charge in [0.05, 0.1) is 36.9 Å². The molecule has 0 aromatic carbocycles. The Morgan fingerprint density at radius 1 is 1.00 bits per heavy atom. The number of aromatic nitrogens is 2. The van der Waals surface area contributed by atoms with Gasteiger partial charge < -0.3 is 35.4 Å². The Morgan fingerprint density at radius 2 is 1.72 bits per heavy atom. The second-order valence-corrected chi connectivity index (χ2v) is 5.83. The van der Waals surface area contributed by atoms with Gasteiger partial charge in [0, 0.05) is 19.2 Å². The maximum atomic E-state index is 10.1. The highest BCUT2D eigenvalue weighted by atomic mass is 16.5. The highest BCUT2D eigenvalue weighted by Gasteiger charge is 2.27. The zero-order valence-electron chi connectivity index (χ0n) is 14.3. The molecule has 5 atom stereocenters. The third-order valence-corrected chi connectivity index (χ3v) is 3.79. The Morgan fingerprint density at radius 3 is 2.24 bits per heavy atom. The molecule has 0 fully saturated rings. The van der Waals surface area contributed by atoms with Crippen LogP contribution >= 0.6 is 0 Å². The quantitative estimate of drug-likeness (QED) is 0.239. The van der Waals surface area contributed by atoms with Gasteiger partial charge in [-0.05, 0) is 6.42 Å². The van der Waals surface area contributed by atoms with E-state index < -0.39 is 37.1 Å². The average Bonchev–Trinajstić information content (AvgIpc) is 2.63. The highest BCUT2D eigenvalue weighted by Crippen LogP contribution is 2.17. The molecule has 0 aliphatic heterocycles. The second-order valence-electron chi connectivity index (χ2n) is 5.83. The summed E-state index contributed by atoms with van der Waals surface area (Å²) in [7, 11) is 0. The van der Waals surface area contributed by atoms with Crippen molar-refractivity contribution in [3.05, 3.63) is 23.8 Å². The molecular formula is C16H28N2O7. The number of aliphatic hydroxyl groups excluding tert-OH is 6. The minimum atomic E-state index is -1.60. The van der Waals surface area contributed by atoms with E-state index in [1.54, 1.807) is 0 Å². The summed E-state index contributed by atoms with van der Waals surface area (Å²) in [6, 6.07) is 0. The summed E-state index contributed by atoms with van der Waals surface area (Å²) in [5, 5.41) is 57.1. The SMILES string of the molecule is CCCCO[C@H](CO)[C@@H](O)Cc1cnc([C@@H](O)[C@H](O)[C@H](O)CO)cn1. The van der Waals surface area contributed by atoms with Crippen LogP contribution in [-0.4, -0.2) is 84.8 Å². The van der Waals surface area contributed by atoms with E-state index in [2.05, 4.69) is 9.97 Å². The first-order chi connectivity index (χ1) is 11.9. The third kappa shape index (κ3) is 6.90. The van der Waals surface area contributed by atoms with E-state index in [1.165, 1.54) is 12.4 Å². The molecule has 0 aliphatic carbocycles. The Bertz CT molecular complexity index is 474. The molecule has 0 saturated heterocycles. The van der Waals surface area contributed by atoms with Crippen molar-refractivity contribution in [2.45, 2.75) is 56.7 Å². The van der Waals surface area contributed by atoms with Crippen molar-refractivity contribution in [2.75, 3.05) is 19.8 Å². The molecule has 0 aliphatic rings. The smallest absolute Gasteiger partial charge is 0.126 e. The summed E-state index contributed by atoms with van der Waals surface area (Å²) in [5.41, 5.74) is 0.439. The Balaban J connectivity index is 2.63. The largest absolute Gasteiger partial charge is 0.394 e. The molecule has 0 radical (unpaired) electrons. The predicted octanol–water partition coefficient (Wildman–Crippen LogP) is -1.69. The molecule has 1 aromatic rings. The number of ether oxygens (including phenoxy) is 1. The van der Waals surface area contributed by atoms with Crippen LogP contribution in [0.1, 0.15) is 37.3 Å². The van der Waals surface area contributed by atoms with Crippen molar-refractivity contribution in [1.82, 2.24) is 9.97 Å². The summed E-state index contributed by atoms with van der Waals surface area (Å²) in [6.45, 7) is 1.44. The number of hydrogen-bond acceptors (Lipinski definition) is 9. The summed E-state index contributed by atoms with van der Waals surface area (Å²) in [5.74, 6) is 0. The van der Waals surface area contributed by atoms with Gasteiger partial charge in [0.15, 0.2) is 0 Å². The van der Waals surface area contributed by atoms with Gasteiger partial charge in [-0.15, -0.1) is 0 Å². The molecule has 0 saturated carbocycles. The molecule has 0 bridgehead atoms. The van der Waals surface area contributed by atoms with Crippen molar-refractivity contribution >= 4 is 0 Å². The van der Waals surface area contributed by atoms with E-state index >= 15 is 0 Å². The first-order valence-corrected chi connectivity index (χ1v) is 8.30. The fourth-order valence-electron chi connectivity index (χ4n) is 2.13. The Kier molecular flexibility index (Phi) is 9.98. The van der Waals surface area contributed by atoms with Crippen LogP contribution < -0.4 is 0 Å². The molecule has 0 amide bonds. The van der Waals surface area contributed by atoms with E-state index in [0.717, 1.165) is 12.8 Å². The monoisotopic (exact) mass is 360 g/mol. The van der Waals surface area contributed by atoms with Crippen molar-refractivity contribution in [3.63, 3.8) is 0 Å². The topological polar surface area (TPSA) is 156 Å². The van der Waals surface area contributed by atoms with E-state index in [-0.39, 0.29) is 18.7 Å². The van der Waals surface area contributed by atoms with Crippen LogP contribution in [0, 0.1) is 0 Å². The first kappa shape index (κ1) is 21.8. The number of nitrogens with zero attached hydrogens (tertiary/aromatic N) is 2. The van der Waals surface area contributed by atoms with Gasteiger partial charge in [-0.1, -0.05) is 13.3 Å². The molecule has 9 heteroatoms. The van der Waals surface area contributed by atoms with Crippen molar-refractivity contribution in [1.29, 1.82) is 0 Å². The number of rotatable bonds is 12. The maximum absolute atomic E-state index is 10.1. The van der Waals surface area contributed by atoms with Crippen molar-refractivity contribution in [2.24, 2.45) is 0 Å². The van der Waals surface area contributed by atoms with E-state index in [1.807, 2.05) is 6.92 Å². The number of aliphatic hydroxyl groups is 6. The van der Waals surface area contributed by atoms with Gasteiger partial charge in [0.1, 0.15) is 24.4 Å². The van der Waals surface area contributed by atoms with Crippen LogP contribution in [-0.2, 0) is 11.2 Å². The third-order valence-electron chi connectivity index (χ3n) is 3.79. The molecule has 9 nitrogen and oxygen atoms in total. The molecule has 1 heterocycles. The fourth-order valence-corrected chi connectivity index (χ4v) is 2.13. The summed E-state index contributed by atoms with van der Waals surface area (Å²) in [6.07, 6.45) is -1.87. The van der Waals surface area contributed by atoms with Crippen molar-refractivity contribution in [3.8, 4) is 0 Å². The number of hydrogen-bond donors (Lipinski definition) is 6. The van der Waals surface area contributed by atoms with Crippen LogP contribution in [0.25, 0.3) is 0 Å². The zero-order chi connectivity index (χ0) is 18.8. The van der Waals surface area contributed by atoms with Crippen LogP contribution in [0.3, 0.4) is 0 Å². The van der Waals surface area contributed by atoms with Gasteiger partial charge in [-0.25, -0.2) is 0 Å². The fraction of sp³-hybridized carbons (Fsp3) is 0.750.